The lowest BCUT2D eigenvalue weighted by atomic mass is 9.72. The maximum Gasteiger partial charge on any atom is 0.0685 e. The van der Waals surface area contributed by atoms with Crippen LogP contribution in [0.5, 0.6) is 0 Å². The molecule has 2 heteroatoms. The van der Waals surface area contributed by atoms with Gasteiger partial charge in [0, 0.05) is 6.61 Å². The van der Waals surface area contributed by atoms with Gasteiger partial charge < -0.3 is 10.1 Å². The highest BCUT2D eigenvalue weighted by Crippen LogP contribution is 2.43. The van der Waals surface area contributed by atoms with Crippen LogP contribution in [-0.4, -0.2) is 25.3 Å². The summed E-state index contributed by atoms with van der Waals surface area (Å²) < 4.78 is 6.18. The van der Waals surface area contributed by atoms with Crippen molar-refractivity contribution >= 4 is 0 Å². The highest BCUT2D eigenvalue weighted by atomic mass is 16.5. The molecule has 3 fully saturated rings. The van der Waals surface area contributed by atoms with Gasteiger partial charge in [-0.2, -0.15) is 0 Å². The number of rotatable bonds is 1. The summed E-state index contributed by atoms with van der Waals surface area (Å²) in [5.41, 5.74) is 0.309. The lowest BCUT2D eigenvalue weighted by Crippen LogP contribution is -2.43. The van der Waals surface area contributed by atoms with Gasteiger partial charge in [-0.05, 0) is 57.0 Å². The maximum atomic E-state index is 6.18. The standard InChI is InChI=1S/C14H25NO/c1-2-6-14(7-3-1)10-12(5-9-16-14)13-4-8-15-11-13/h12-13,15H,1-11H2. The minimum atomic E-state index is 0.309. The predicted octanol–water partition coefficient (Wildman–Crippen LogP) is 2.73. The molecular formula is C14H25NO. The second-order valence-electron chi connectivity index (χ2n) is 6.10. The third-order valence-corrected chi connectivity index (χ3v) is 5.06. The van der Waals surface area contributed by atoms with Crippen LogP contribution in [0, 0.1) is 11.8 Å². The SMILES string of the molecule is C1CCC2(CC1)CC(C1CCNC1)CCO2. The van der Waals surface area contributed by atoms with Crippen molar-refractivity contribution < 1.29 is 4.74 Å². The Morgan fingerprint density at radius 2 is 1.88 bits per heavy atom. The molecule has 1 aliphatic carbocycles. The van der Waals surface area contributed by atoms with Crippen molar-refractivity contribution in [3.05, 3.63) is 0 Å². The van der Waals surface area contributed by atoms with E-state index in [9.17, 15) is 0 Å². The Bertz CT molecular complexity index is 223. The topological polar surface area (TPSA) is 21.3 Å². The van der Waals surface area contributed by atoms with Crippen molar-refractivity contribution in [3.8, 4) is 0 Å². The molecule has 0 amide bonds. The molecule has 0 aromatic heterocycles. The van der Waals surface area contributed by atoms with E-state index in [1.54, 1.807) is 0 Å². The summed E-state index contributed by atoms with van der Waals surface area (Å²) >= 11 is 0. The van der Waals surface area contributed by atoms with Crippen LogP contribution in [0.4, 0.5) is 0 Å². The monoisotopic (exact) mass is 223 g/mol. The molecule has 1 spiro atoms. The second kappa shape index (κ2) is 4.66. The summed E-state index contributed by atoms with van der Waals surface area (Å²) in [6.07, 6.45) is 11.0. The smallest absolute Gasteiger partial charge is 0.0685 e. The van der Waals surface area contributed by atoms with Crippen molar-refractivity contribution in [2.75, 3.05) is 19.7 Å². The van der Waals surface area contributed by atoms with Gasteiger partial charge >= 0.3 is 0 Å². The summed E-state index contributed by atoms with van der Waals surface area (Å²) in [7, 11) is 0. The Labute approximate surface area is 99.1 Å². The average molecular weight is 223 g/mol. The molecule has 2 atom stereocenters. The summed E-state index contributed by atoms with van der Waals surface area (Å²) in [5.74, 6) is 1.89. The fourth-order valence-corrected chi connectivity index (χ4v) is 4.09. The highest BCUT2D eigenvalue weighted by molar-refractivity contribution is 4.92. The number of nitrogens with one attached hydrogen (secondary N) is 1. The summed E-state index contributed by atoms with van der Waals surface area (Å²) in [6, 6.07) is 0. The van der Waals surface area contributed by atoms with Crippen LogP contribution in [-0.2, 0) is 4.74 Å². The van der Waals surface area contributed by atoms with Gasteiger partial charge in [-0.1, -0.05) is 19.3 Å². The minimum Gasteiger partial charge on any atom is -0.375 e. The molecule has 2 aliphatic heterocycles. The van der Waals surface area contributed by atoms with Gasteiger partial charge in [0.05, 0.1) is 5.60 Å². The van der Waals surface area contributed by atoms with E-state index < -0.39 is 0 Å². The van der Waals surface area contributed by atoms with Crippen LogP contribution in [0.15, 0.2) is 0 Å². The number of hydrogen-bond donors (Lipinski definition) is 1. The van der Waals surface area contributed by atoms with E-state index in [-0.39, 0.29) is 0 Å². The molecule has 0 radical (unpaired) electrons. The zero-order valence-electron chi connectivity index (χ0n) is 10.3. The zero-order chi connectivity index (χ0) is 10.8. The first-order chi connectivity index (χ1) is 7.88. The first-order valence-electron chi connectivity index (χ1n) is 7.23. The van der Waals surface area contributed by atoms with E-state index in [1.807, 2.05) is 0 Å². The molecule has 2 saturated heterocycles. The molecule has 0 aromatic rings. The van der Waals surface area contributed by atoms with Gasteiger partial charge in [0.2, 0.25) is 0 Å². The lowest BCUT2D eigenvalue weighted by molar-refractivity contribution is -0.124. The molecule has 3 aliphatic rings. The van der Waals surface area contributed by atoms with E-state index in [1.165, 1.54) is 64.5 Å². The van der Waals surface area contributed by atoms with Gasteiger partial charge in [-0.15, -0.1) is 0 Å². The Morgan fingerprint density at radius 1 is 1.00 bits per heavy atom. The molecule has 16 heavy (non-hydrogen) atoms. The quantitative estimate of drug-likeness (QED) is 0.738. The molecule has 3 rings (SSSR count). The third kappa shape index (κ3) is 2.14. The highest BCUT2D eigenvalue weighted by Gasteiger charge is 2.41. The van der Waals surface area contributed by atoms with E-state index in [0.29, 0.717) is 5.60 Å². The van der Waals surface area contributed by atoms with Gasteiger partial charge in [0.25, 0.3) is 0 Å². The molecule has 92 valence electrons. The van der Waals surface area contributed by atoms with Crippen molar-refractivity contribution in [1.82, 2.24) is 5.32 Å². The van der Waals surface area contributed by atoms with E-state index in [4.69, 9.17) is 4.74 Å². The largest absolute Gasteiger partial charge is 0.375 e. The molecule has 2 nitrogen and oxygen atoms in total. The Kier molecular flexibility index (Phi) is 3.21. The fourth-order valence-electron chi connectivity index (χ4n) is 4.09. The Hall–Kier alpha value is -0.0800. The van der Waals surface area contributed by atoms with Crippen molar-refractivity contribution in [2.24, 2.45) is 11.8 Å². The number of ether oxygens (including phenoxy) is 1. The van der Waals surface area contributed by atoms with Crippen LogP contribution in [0.2, 0.25) is 0 Å². The first-order valence-corrected chi connectivity index (χ1v) is 7.23. The van der Waals surface area contributed by atoms with Crippen LogP contribution in [0.25, 0.3) is 0 Å². The molecule has 0 aromatic carbocycles. The Balaban J connectivity index is 1.64. The summed E-state index contributed by atoms with van der Waals surface area (Å²) in [5, 5.41) is 3.52. The van der Waals surface area contributed by atoms with Crippen molar-refractivity contribution in [2.45, 2.75) is 57.0 Å². The van der Waals surface area contributed by atoms with Gasteiger partial charge in [0.15, 0.2) is 0 Å². The fraction of sp³-hybridized carbons (Fsp3) is 1.00. The first kappa shape index (κ1) is 11.0. The van der Waals surface area contributed by atoms with Gasteiger partial charge in [-0.25, -0.2) is 0 Å². The predicted molar refractivity (Wildman–Crippen MR) is 65.5 cm³/mol. The van der Waals surface area contributed by atoms with Crippen LogP contribution in [0.1, 0.15) is 51.4 Å². The molecule has 2 unspecified atom stereocenters. The zero-order valence-corrected chi connectivity index (χ0v) is 10.3. The van der Waals surface area contributed by atoms with E-state index in [2.05, 4.69) is 5.32 Å². The van der Waals surface area contributed by atoms with Crippen molar-refractivity contribution in [1.29, 1.82) is 0 Å². The van der Waals surface area contributed by atoms with E-state index in [0.717, 1.165) is 18.4 Å². The second-order valence-corrected chi connectivity index (χ2v) is 6.10. The molecule has 0 bridgehead atoms. The minimum absolute atomic E-state index is 0.309. The molecule has 1 saturated carbocycles. The molecule has 2 heterocycles. The molecule has 1 N–H and O–H groups in total. The average Bonchev–Trinajstić information content (AvgIpc) is 2.83. The maximum absolute atomic E-state index is 6.18. The van der Waals surface area contributed by atoms with Crippen LogP contribution >= 0.6 is 0 Å². The van der Waals surface area contributed by atoms with Crippen LogP contribution in [0.3, 0.4) is 0 Å². The van der Waals surface area contributed by atoms with Gasteiger partial charge in [0.1, 0.15) is 0 Å². The summed E-state index contributed by atoms with van der Waals surface area (Å²) in [4.78, 5) is 0. The normalized spacial score (nSPS) is 39.0. The molecular weight excluding hydrogens is 198 g/mol. The van der Waals surface area contributed by atoms with Crippen LogP contribution < -0.4 is 5.32 Å². The van der Waals surface area contributed by atoms with E-state index >= 15 is 0 Å². The third-order valence-electron chi connectivity index (χ3n) is 5.06. The van der Waals surface area contributed by atoms with Gasteiger partial charge in [-0.3, -0.25) is 0 Å². The lowest BCUT2D eigenvalue weighted by Gasteiger charge is -2.45. The van der Waals surface area contributed by atoms with Crippen molar-refractivity contribution in [3.63, 3.8) is 0 Å². The summed E-state index contributed by atoms with van der Waals surface area (Å²) in [6.45, 7) is 3.54. The Morgan fingerprint density at radius 3 is 2.62 bits per heavy atom. The number of hydrogen-bond acceptors (Lipinski definition) is 2.